The van der Waals surface area contributed by atoms with E-state index in [0.717, 1.165) is 12.8 Å². The number of hydrogen-bond donors (Lipinski definition) is 0. The number of esters is 1. The van der Waals surface area contributed by atoms with Crippen LogP contribution in [0.5, 0.6) is 0 Å². The van der Waals surface area contributed by atoms with Gasteiger partial charge >= 0.3 is 5.97 Å². The third-order valence-corrected chi connectivity index (χ3v) is 2.40. The van der Waals surface area contributed by atoms with Gasteiger partial charge in [-0.3, -0.25) is 9.59 Å². The van der Waals surface area contributed by atoms with Crippen molar-refractivity contribution in [3.05, 3.63) is 0 Å². The van der Waals surface area contributed by atoms with E-state index in [4.69, 9.17) is 4.74 Å². The molecule has 0 rings (SSSR count). The molecule has 0 radical (unpaired) electrons. The number of carbonyl (C=O) groups is 2. The standard InChI is InChI=1S/C13H24O3.Al.3H/c1-3-4-5-6-7-8-9-10-16-13(15)11-12(2)14;;;;/h3-11H2,1-2H3;;;;. The second kappa shape index (κ2) is 13.7. The lowest BCUT2D eigenvalue weighted by atomic mass is 10.1. The topological polar surface area (TPSA) is 43.4 Å². The van der Waals surface area contributed by atoms with Gasteiger partial charge in [0.15, 0.2) is 17.4 Å². The maximum Gasteiger partial charge on any atom is 0.313 e. The molecule has 0 fully saturated rings. The van der Waals surface area contributed by atoms with Crippen LogP contribution in [0.25, 0.3) is 0 Å². The molecule has 0 spiro atoms. The third kappa shape index (κ3) is 15.7. The molecule has 0 bridgehead atoms. The van der Waals surface area contributed by atoms with Gasteiger partial charge in [0.05, 0.1) is 6.61 Å². The highest BCUT2D eigenvalue weighted by molar-refractivity contribution is 5.94. The molecule has 0 atom stereocenters. The van der Waals surface area contributed by atoms with Gasteiger partial charge in [0.25, 0.3) is 0 Å². The maximum atomic E-state index is 11.0. The molecule has 0 saturated heterocycles. The molecule has 0 aliphatic heterocycles. The SMILES string of the molecule is CCCCCCCCCOC(=O)CC(C)=O.[AlH3]. The van der Waals surface area contributed by atoms with E-state index in [1.807, 2.05) is 0 Å². The zero-order valence-electron chi connectivity index (χ0n) is 10.6. The number of rotatable bonds is 10. The van der Waals surface area contributed by atoms with Gasteiger partial charge in [0.2, 0.25) is 0 Å². The van der Waals surface area contributed by atoms with Crippen molar-refractivity contribution in [2.24, 2.45) is 0 Å². The third-order valence-electron chi connectivity index (χ3n) is 2.40. The summed E-state index contributed by atoms with van der Waals surface area (Å²) in [5.74, 6) is -0.525. The maximum absolute atomic E-state index is 11.0. The van der Waals surface area contributed by atoms with Gasteiger partial charge in [-0.15, -0.1) is 0 Å². The van der Waals surface area contributed by atoms with Crippen LogP contribution in [0.4, 0.5) is 0 Å². The Labute approximate surface area is 115 Å². The van der Waals surface area contributed by atoms with E-state index in [0.29, 0.717) is 6.61 Å². The van der Waals surface area contributed by atoms with Crippen LogP contribution < -0.4 is 0 Å². The lowest BCUT2D eigenvalue weighted by Crippen LogP contribution is -2.09. The van der Waals surface area contributed by atoms with Crippen LogP contribution in [0, 0.1) is 0 Å². The summed E-state index contributed by atoms with van der Waals surface area (Å²) < 4.78 is 4.92. The smallest absolute Gasteiger partial charge is 0.313 e. The van der Waals surface area contributed by atoms with Crippen molar-refractivity contribution < 1.29 is 14.3 Å². The van der Waals surface area contributed by atoms with Gasteiger partial charge < -0.3 is 4.74 Å². The number of hydrogen-bond acceptors (Lipinski definition) is 3. The molecule has 0 aliphatic carbocycles. The summed E-state index contributed by atoms with van der Waals surface area (Å²) in [7, 11) is 0. The summed E-state index contributed by atoms with van der Waals surface area (Å²) in [4.78, 5) is 21.6. The van der Waals surface area contributed by atoms with Gasteiger partial charge in [0.1, 0.15) is 12.2 Å². The van der Waals surface area contributed by atoms with Gasteiger partial charge in [0, 0.05) is 0 Å². The molecular weight excluding hydrogens is 231 g/mol. The Balaban J connectivity index is 0. The molecule has 17 heavy (non-hydrogen) atoms. The van der Waals surface area contributed by atoms with E-state index in [1.165, 1.54) is 39.0 Å². The molecule has 0 amide bonds. The van der Waals surface area contributed by atoms with Gasteiger partial charge in [-0.05, 0) is 13.3 Å². The van der Waals surface area contributed by atoms with E-state index in [9.17, 15) is 9.59 Å². The molecule has 0 aromatic heterocycles. The van der Waals surface area contributed by atoms with Crippen molar-refractivity contribution in [3.63, 3.8) is 0 Å². The van der Waals surface area contributed by atoms with E-state index in [-0.39, 0.29) is 29.6 Å². The Kier molecular flexibility index (Phi) is 15.4. The summed E-state index contributed by atoms with van der Waals surface area (Å²) in [6.07, 6.45) is 8.31. The Bertz CT molecular complexity index is 205. The number of unbranched alkanes of at least 4 members (excludes halogenated alkanes) is 6. The van der Waals surface area contributed by atoms with E-state index >= 15 is 0 Å². The molecule has 100 valence electrons. The number of ketones is 1. The summed E-state index contributed by atoms with van der Waals surface area (Å²) >= 11 is 0. The fraction of sp³-hybridized carbons (Fsp3) is 0.846. The summed E-state index contributed by atoms with van der Waals surface area (Å²) in [6.45, 7) is 4.06. The normalized spacial score (nSPS) is 9.53. The largest absolute Gasteiger partial charge is 0.465 e. The van der Waals surface area contributed by atoms with Crippen LogP contribution in [0.15, 0.2) is 0 Å². The minimum Gasteiger partial charge on any atom is -0.465 e. The van der Waals surface area contributed by atoms with Crippen molar-refractivity contribution in [2.75, 3.05) is 6.61 Å². The molecule has 0 saturated carbocycles. The first kappa shape index (κ1) is 19.0. The fourth-order valence-electron chi connectivity index (χ4n) is 1.50. The average molecular weight is 258 g/mol. The van der Waals surface area contributed by atoms with Gasteiger partial charge in [-0.2, -0.15) is 0 Å². The lowest BCUT2D eigenvalue weighted by Gasteiger charge is -2.03. The molecule has 4 heteroatoms. The van der Waals surface area contributed by atoms with Crippen LogP contribution >= 0.6 is 0 Å². The van der Waals surface area contributed by atoms with Crippen molar-refractivity contribution in [1.82, 2.24) is 0 Å². The number of carbonyl (C=O) groups excluding carboxylic acids is 2. The van der Waals surface area contributed by atoms with Crippen LogP contribution in [-0.2, 0) is 14.3 Å². The zero-order chi connectivity index (χ0) is 12.2. The van der Waals surface area contributed by atoms with Crippen LogP contribution in [0.2, 0.25) is 0 Å². The zero-order valence-corrected chi connectivity index (χ0v) is 10.6. The lowest BCUT2D eigenvalue weighted by molar-refractivity contribution is -0.145. The highest BCUT2D eigenvalue weighted by atomic mass is 27.0. The molecule has 0 N–H and O–H groups in total. The summed E-state index contributed by atoms with van der Waals surface area (Å²) in [5, 5.41) is 0. The molecule has 0 aromatic carbocycles. The van der Waals surface area contributed by atoms with Gasteiger partial charge in [-0.25, -0.2) is 0 Å². The molecule has 0 aromatic rings. The van der Waals surface area contributed by atoms with Crippen molar-refractivity contribution in [3.8, 4) is 0 Å². The quantitative estimate of drug-likeness (QED) is 0.261. The minimum absolute atomic E-state index is 0. The number of ether oxygens (including phenoxy) is 1. The highest BCUT2D eigenvalue weighted by Crippen LogP contribution is 2.06. The van der Waals surface area contributed by atoms with Crippen LogP contribution in [0.3, 0.4) is 0 Å². The fourth-order valence-corrected chi connectivity index (χ4v) is 1.50. The van der Waals surface area contributed by atoms with Crippen molar-refractivity contribution in [1.29, 1.82) is 0 Å². The van der Waals surface area contributed by atoms with Crippen LogP contribution in [-0.4, -0.2) is 35.7 Å². The predicted molar refractivity (Wildman–Crippen MR) is 74.2 cm³/mol. The first-order valence-corrected chi connectivity index (χ1v) is 6.32. The second-order valence-corrected chi connectivity index (χ2v) is 4.22. The monoisotopic (exact) mass is 258 g/mol. The molecule has 0 aliphatic rings. The molecular formula is C13H27AlO3. The minimum atomic E-state index is -0.390. The first-order chi connectivity index (χ1) is 7.66. The van der Waals surface area contributed by atoms with Crippen molar-refractivity contribution in [2.45, 2.75) is 65.2 Å². The van der Waals surface area contributed by atoms with E-state index in [2.05, 4.69) is 6.92 Å². The molecule has 0 heterocycles. The van der Waals surface area contributed by atoms with E-state index < -0.39 is 5.97 Å². The van der Waals surface area contributed by atoms with Crippen molar-refractivity contribution >= 4 is 29.1 Å². The Morgan fingerprint density at radius 1 is 0.941 bits per heavy atom. The second-order valence-electron chi connectivity index (χ2n) is 4.22. The van der Waals surface area contributed by atoms with Crippen LogP contribution in [0.1, 0.15) is 65.2 Å². The Hall–Kier alpha value is -0.328. The Morgan fingerprint density at radius 3 is 2.00 bits per heavy atom. The molecule has 0 unspecified atom stereocenters. The average Bonchev–Trinajstić information content (AvgIpc) is 2.21. The Morgan fingerprint density at radius 2 is 1.47 bits per heavy atom. The highest BCUT2D eigenvalue weighted by Gasteiger charge is 2.05. The summed E-state index contributed by atoms with van der Waals surface area (Å²) in [5.41, 5.74) is 0. The number of Topliss-reactive ketones (excluding diaryl/α,β-unsaturated/α-hetero) is 1. The first-order valence-electron chi connectivity index (χ1n) is 6.32. The molecule has 3 nitrogen and oxygen atoms in total. The summed E-state index contributed by atoms with van der Waals surface area (Å²) in [6, 6.07) is 0. The predicted octanol–water partition coefficient (Wildman–Crippen LogP) is 2.08. The van der Waals surface area contributed by atoms with Gasteiger partial charge in [-0.1, -0.05) is 45.4 Å². The van der Waals surface area contributed by atoms with E-state index in [1.54, 1.807) is 0 Å².